The van der Waals surface area contributed by atoms with Gasteiger partial charge in [0, 0.05) is 29.7 Å². The maximum atomic E-state index is 13.3. The Kier molecular flexibility index (Phi) is 6.70. The molecule has 0 bridgehead atoms. The summed E-state index contributed by atoms with van der Waals surface area (Å²) in [5.41, 5.74) is 2.64. The molecule has 1 aliphatic carbocycles. The first kappa shape index (κ1) is 22.6. The third-order valence-electron chi connectivity index (χ3n) is 6.55. The van der Waals surface area contributed by atoms with Crippen LogP contribution in [0.4, 0.5) is 0 Å². The first-order valence-electron chi connectivity index (χ1n) is 11.5. The van der Waals surface area contributed by atoms with Crippen molar-refractivity contribution in [3.05, 3.63) is 65.9 Å². The normalized spacial score (nSPS) is 15.2. The minimum atomic E-state index is -3.56. The summed E-state index contributed by atoms with van der Waals surface area (Å²) in [4.78, 5) is 15.5. The number of likely N-dealkylation sites (N-methyl/N-ethyl adjacent to an activating group) is 1. The molecule has 2 aromatic carbocycles. The molecule has 0 aliphatic heterocycles. The zero-order chi connectivity index (χ0) is 22.7. The van der Waals surface area contributed by atoms with Crippen LogP contribution in [0.5, 0.6) is 0 Å². The predicted octanol–water partition coefficient (Wildman–Crippen LogP) is 5.10. The summed E-state index contributed by atoms with van der Waals surface area (Å²) in [6.07, 6.45) is 7.35. The SMILES string of the molecule is CCN(C(=O)Cn1cc(S(=O)(=O)Cc2ccc(C)cc2)c2ccccc21)C1CCCCC1. The summed E-state index contributed by atoms with van der Waals surface area (Å²) < 4.78 is 28.5. The van der Waals surface area contributed by atoms with Gasteiger partial charge in [0.15, 0.2) is 9.84 Å². The van der Waals surface area contributed by atoms with Gasteiger partial charge in [-0.1, -0.05) is 67.3 Å². The van der Waals surface area contributed by atoms with Gasteiger partial charge >= 0.3 is 0 Å². The van der Waals surface area contributed by atoms with E-state index in [1.807, 2.05) is 71.8 Å². The lowest BCUT2D eigenvalue weighted by molar-refractivity contribution is -0.134. The second kappa shape index (κ2) is 9.49. The molecule has 0 unspecified atom stereocenters. The average molecular weight is 453 g/mol. The molecule has 170 valence electrons. The fourth-order valence-electron chi connectivity index (χ4n) is 4.84. The molecule has 1 aliphatic rings. The second-order valence-corrected chi connectivity index (χ2v) is 10.8. The van der Waals surface area contributed by atoms with Crippen LogP contribution >= 0.6 is 0 Å². The molecular formula is C26H32N2O3S. The van der Waals surface area contributed by atoms with Crippen LogP contribution in [0.25, 0.3) is 10.9 Å². The number of rotatable bonds is 7. The van der Waals surface area contributed by atoms with Crippen LogP contribution in [0.1, 0.15) is 50.2 Å². The highest BCUT2D eigenvalue weighted by Crippen LogP contribution is 2.29. The van der Waals surface area contributed by atoms with Crippen LogP contribution < -0.4 is 0 Å². The van der Waals surface area contributed by atoms with Gasteiger partial charge in [-0.2, -0.15) is 0 Å². The molecular weight excluding hydrogens is 420 g/mol. The summed E-state index contributed by atoms with van der Waals surface area (Å²) >= 11 is 0. The van der Waals surface area contributed by atoms with Crippen molar-refractivity contribution >= 4 is 26.6 Å². The first-order chi connectivity index (χ1) is 15.4. The number of carbonyl (C=O) groups is 1. The van der Waals surface area contributed by atoms with Gasteiger partial charge in [-0.05, 0) is 38.3 Å². The minimum absolute atomic E-state index is 0.0571. The van der Waals surface area contributed by atoms with Crippen LogP contribution in [0.15, 0.2) is 59.6 Å². The third-order valence-corrected chi connectivity index (χ3v) is 8.26. The maximum Gasteiger partial charge on any atom is 0.242 e. The molecule has 0 atom stereocenters. The van der Waals surface area contributed by atoms with Crippen molar-refractivity contribution in [1.82, 2.24) is 9.47 Å². The molecule has 0 saturated heterocycles. The molecule has 1 saturated carbocycles. The summed E-state index contributed by atoms with van der Waals surface area (Å²) in [6, 6.07) is 15.3. The van der Waals surface area contributed by atoms with E-state index in [-0.39, 0.29) is 18.2 Å². The summed E-state index contributed by atoms with van der Waals surface area (Å²) in [7, 11) is -3.56. The molecule has 3 aromatic rings. The Bertz CT molecular complexity index is 1190. The van der Waals surface area contributed by atoms with Crippen molar-refractivity contribution in [1.29, 1.82) is 0 Å². The van der Waals surface area contributed by atoms with Gasteiger partial charge in [-0.3, -0.25) is 4.79 Å². The van der Waals surface area contributed by atoms with Crippen molar-refractivity contribution in [3.63, 3.8) is 0 Å². The fraction of sp³-hybridized carbons (Fsp3) is 0.423. The van der Waals surface area contributed by atoms with Gasteiger partial charge in [0.25, 0.3) is 0 Å². The molecule has 0 radical (unpaired) electrons. The van der Waals surface area contributed by atoms with E-state index in [1.165, 1.54) is 19.3 Å². The highest BCUT2D eigenvalue weighted by Gasteiger charge is 2.26. The Hall–Kier alpha value is -2.60. The lowest BCUT2D eigenvalue weighted by Crippen LogP contribution is -2.42. The molecule has 1 amide bonds. The monoisotopic (exact) mass is 452 g/mol. The number of aryl methyl sites for hydroxylation is 1. The number of amides is 1. The number of carbonyl (C=O) groups excluding carboxylic acids is 1. The van der Waals surface area contributed by atoms with E-state index >= 15 is 0 Å². The second-order valence-electron chi connectivity index (χ2n) is 8.85. The van der Waals surface area contributed by atoms with Gasteiger partial charge in [0.2, 0.25) is 5.91 Å². The number of fused-ring (bicyclic) bond motifs is 1. The topological polar surface area (TPSA) is 59.4 Å². The molecule has 4 rings (SSSR count). The van der Waals surface area contributed by atoms with Crippen LogP contribution in [-0.4, -0.2) is 36.4 Å². The number of hydrogen-bond donors (Lipinski definition) is 0. The lowest BCUT2D eigenvalue weighted by atomic mass is 9.94. The van der Waals surface area contributed by atoms with E-state index < -0.39 is 9.84 Å². The minimum Gasteiger partial charge on any atom is -0.338 e. The van der Waals surface area contributed by atoms with Gasteiger partial charge in [-0.25, -0.2) is 8.42 Å². The Morgan fingerprint density at radius 3 is 2.41 bits per heavy atom. The number of hydrogen-bond acceptors (Lipinski definition) is 3. The number of para-hydroxylation sites is 1. The molecule has 1 fully saturated rings. The zero-order valence-corrected chi connectivity index (χ0v) is 19.8. The maximum absolute atomic E-state index is 13.3. The van der Waals surface area contributed by atoms with Crippen molar-refractivity contribution in [3.8, 4) is 0 Å². The van der Waals surface area contributed by atoms with Crippen LogP contribution in [0.2, 0.25) is 0 Å². The molecule has 6 heteroatoms. The Balaban J connectivity index is 1.63. The van der Waals surface area contributed by atoms with E-state index in [1.54, 1.807) is 6.20 Å². The number of nitrogens with zero attached hydrogens (tertiary/aromatic N) is 2. The summed E-state index contributed by atoms with van der Waals surface area (Å²) in [5.74, 6) is 0.000846. The largest absolute Gasteiger partial charge is 0.338 e. The molecule has 0 spiro atoms. The summed E-state index contributed by atoms with van der Waals surface area (Å²) in [5, 5.41) is 0.674. The fourth-order valence-corrected chi connectivity index (χ4v) is 6.42. The van der Waals surface area contributed by atoms with Gasteiger partial charge in [0.05, 0.1) is 10.6 Å². The van der Waals surface area contributed by atoms with E-state index in [0.29, 0.717) is 22.9 Å². The Labute approximate surface area is 191 Å². The first-order valence-corrected chi connectivity index (χ1v) is 13.2. The highest BCUT2D eigenvalue weighted by molar-refractivity contribution is 7.90. The van der Waals surface area contributed by atoms with E-state index in [9.17, 15) is 13.2 Å². The predicted molar refractivity (Wildman–Crippen MR) is 128 cm³/mol. The van der Waals surface area contributed by atoms with Crippen LogP contribution in [-0.2, 0) is 26.9 Å². The molecule has 1 heterocycles. The third kappa shape index (κ3) is 4.75. The highest BCUT2D eigenvalue weighted by atomic mass is 32.2. The molecule has 0 N–H and O–H groups in total. The zero-order valence-electron chi connectivity index (χ0n) is 19.0. The van der Waals surface area contributed by atoms with Crippen molar-refractivity contribution < 1.29 is 13.2 Å². The van der Waals surface area contributed by atoms with E-state index in [2.05, 4.69) is 0 Å². The standard InChI is InChI=1S/C26H32N2O3S/c1-3-28(22-9-5-4-6-10-22)26(29)18-27-17-25(23-11-7-8-12-24(23)27)32(30,31)19-21-15-13-20(2)14-16-21/h7-8,11-17,22H,3-6,9-10,18-19H2,1-2H3. The van der Waals surface area contributed by atoms with Crippen molar-refractivity contribution in [2.45, 2.75) is 69.2 Å². The van der Waals surface area contributed by atoms with Crippen molar-refractivity contribution in [2.75, 3.05) is 6.54 Å². The quantitative estimate of drug-likeness (QED) is 0.501. The smallest absolute Gasteiger partial charge is 0.242 e. The molecule has 5 nitrogen and oxygen atoms in total. The number of sulfone groups is 1. The van der Waals surface area contributed by atoms with E-state index in [4.69, 9.17) is 0 Å². The van der Waals surface area contributed by atoms with Gasteiger partial charge < -0.3 is 9.47 Å². The lowest BCUT2D eigenvalue weighted by Gasteiger charge is -2.33. The van der Waals surface area contributed by atoms with Gasteiger partial charge in [-0.15, -0.1) is 0 Å². The number of benzene rings is 2. The molecule has 32 heavy (non-hydrogen) atoms. The van der Waals surface area contributed by atoms with Crippen LogP contribution in [0, 0.1) is 6.92 Å². The Morgan fingerprint density at radius 1 is 1.03 bits per heavy atom. The summed E-state index contributed by atoms with van der Waals surface area (Å²) in [6.45, 7) is 4.85. The van der Waals surface area contributed by atoms with Crippen molar-refractivity contribution in [2.24, 2.45) is 0 Å². The van der Waals surface area contributed by atoms with Crippen LogP contribution in [0.3, 0.4) is 0 Å². The average Bonchev–Trinajstić information content (AvgIpc) is 3.16. The van der Waals surface area contributed by atoms with Gasteiger partial charge in [0.1, 0.15) is 6.54 Å². The molecule has 1 aromatic heterocycles. The van der Waals surface area contributed by atoms with E-state index in [0.717, 1.165) is 29.5 Å². The number of aromatic nitrogens is 1. The Morgan fingerprint density at radius 2 is 1.72 bits per heavy atom.